The molecule has 0 saturated carbocycles. The third kappa shape index (κ3) is 3.51. The molecule has 0 bridgehead atoms. The second-order valence-corrected chi connectivity index (χ2v) is 11.8. The van der Waals surface area contributed by atoms with Gasteiger partial charge >= 0.3 is 0 Å². The lowest BCUT2D eigenvalue weighted by Crippen LogP contribution is -2.37. The molecule has 1 atom stereocenters. The molecule has 1 nitrogen and oxygen atoms in total. The quantitative estimate of drug-likeness (QED) is 0.596. The van der Waals surface area contributed by atoms with Crippen LogP contribution in [-0.2, 0) is 0 Å². The number of carbonyl (C=O) groups is 1. The van der Waals surface area contributed by atoms with Gasteiger partial charge in [0.05, 0.1) is 8.07 Å². The van der Waals surface area contributed by atoms with E-state index >= 15 is 0 Å². The standard InChI is InChI=1S/C19H24OSi/c1-14(18-8-6-7-9-19(18)15(2)20)16-10-12-17(13-11-16)21(3,4)5/h6-14H,1-5H3. The Kier molecular flexibility index (Phi) is 4.48. The summed E-state index contributed by atoms with van der Waals surface area (Å²) in [7, 11) is -1.25. The first-order valence-corrected chi connectivity index (χ1v) is 11.0. The number of rotatable bonds is 4. The second-order valence-electron chi connectivity index (χ2n) is 6.74. The van der Waals surface area contributed by atoms with Gasteiger partial charge in [0.2, 0.25) is 0 Å². The lowest BCUT2D eigenvalue weighted by molar-refractivity contribution is 0.101. The lowest BCUT2D eigenvalue weighted by Gasteiger charge is -2.19. The molecule has 0 aromatic heterocycles. The summed E-state index contributed by atoms with van der Waals surface area (Å²) >= 11 is 0. The molecule has 110 valence electrons. The number of benzene rings is 2. The largest absolute Gasteiger partial charge is 0.295 e. The second kappa shape index (κ2) is 5.98. The van der Waals surface area contributed by atoms with Crippen molar-refractivity contribution in [2.75, 3.05) is 0 Å². The smallest absolute Gasteiger partial charge is 0.160 e. The van der Waals surface area contributed by atoms with Crippen LogP contribution in [0.5, 0.6) is 0 Å². The Bertz CT molecular complexity index is 635. The summed E-state index contributed by atoms with van der Waals surface area (Å²) in [6, 6.07) is 16.9. The molecule has 2 rings (SSSR count). The molecule has 0 saturated heterocycles. The van der Waals surface area contributed by atoms with Crippen molar-refractivity contribution in [3.8, 4) is 0 Å². The van der Waals surface area contributed by atoms with Crippen LogP contribution < -0.4 is 5.19 Å². The Morgan fingerprint density at radius 3 is 2.05 bits per heavy atom. The first-order valence-electron chi connectivity index (χ1n) is 7.51. The normalized spacial score (nSPS) is 13.0. The van der Waals surface area contributed by atoms with E-state index in [1.54, 1.807) is 6.92 Å². The summed E-state index contributed by atoms with van der Waals surface area (Å²) < 4.78 is 0. The molecule has 2 heteroatoms. The van der Waals surface area contributed by atoms with Crippen molar-refractivity contribution in [3.63, 3.8) is 0 Å². The Balaban J connectivity index is 2.37. The van der Waals surface area contributed by atoms with Crippen LogP contribution in [0.1, 0.15) is 41.3 Å². The van der Waals surface area contributed by atoms with Gasteiger partial charge in [0.15, 0.2) is 5.78 Å². The zero-order valence-corrected chi connectivity index (χ0v) is 14.6. The average Bonchev–Trinajstić information content (AvgIpc) is 2.45. The summed E-state index contributed by atoms with van der Waals surface area (Å²) in [6.45, 7) is 10.9. The molecule has 0 fully saturated rings. The third-order valence-corrected chi connectivity index (χ3v) is 6.15. The number of Topliss-reactive ketones (excluding diaryl/α,β-unsaturated/α-hetero) is 1. The predicted molar refractivity (Wildman–Crippen MR) is 93.4 cm³/mol. The molecule has 0 aliphatic heterocycles. The van der Waals surface area contributed by atoms with Gasteiger partial charge in [-0.25, -0.2) is 0 Å². The Morgan fingerprint density at radius 2 is 1.52 bits per heavy atom. The van der Waals surface area contributed by atoms with E-state index in [1.807, 2.05) is 18.2 Å². The van der Waals surface area contributed by atoms with Crippen LogP contribution in [-0.4, -0.2) is 13.9 Å². The Hall–Kier alpha value is -1.67. The molecular weight excluding hydrogens is 272 g/mol. The Morgan fingerprint density at radius 1 is 0.952 bits per heavy atom. The molecule has 1 unspecified atom stereocenters. The Labute approximate surface area is 129 Å². The summed E-state index contributed by atoms with van der Waals surface area (Å²) in [4.78, 5) is 11.8. The van der Waals surface area contributed by atoms with Gasteiger partial charge in [-0.15, -0.1) is 0 Å². The fraction of sp³-hybridized carbons (Fsp3) is 0.316. The van der Waals surface area contributed by atoms with E-state index in [9.17, 15) is 4.79 Å². The van der Waals surface area contributed by atoms with Crippen LogP contribution in [0, 0.1) is 0 Å². The van der Waals surface area contributed by atoms with Crippen LogP contribution in [0.3, 0.4) is 0 Å². The third-order valence-electron chi connectivity index (χ3n) is 4.08. The van der Waals surface area contributed by atoms with Crippen LogP contribution in [0.25, 0.3) is 0 Å². The van der Waals surface area contributed by atoms with Crippen molar-refractivity contribution in [3.05, 3.63) is 65.2 Å². The molecule has 0 aliphatic rings. The first-order chi connectivity index (χ1) is 9.80. The summed E-state index contributed by atoms with van der Waals surface area (Å²) in [5, 5.41) is 1.47. The molecule has 2 aromatic rings. The molecular formula is C19H24OSi. The topological polar surface area (TPSA) is 17.1 Å². The summed E-state index contributed by atoms with van der Waals surface area (Å²) in [5.41, 5.74) is 3.22. The van der Waals surface area contributed by atoms with E-state index in [-0.39, 0.29) is 11.7 Å². The average molecular weight is 296 g/mol. The van der Waals surface area contributed by atoms with E-state index in [2.05, 4.69) is 56.9 Å². The van der Waals surface area contributed by atoms with E-state index in [0.29, 0.717) is 0 Å². The molecule has 2 aromatic carbocycles. The highest BCUT2D eigenvalue weighted by Crippen LogP contribution is 2.27. The van der Waals surface area contributed by atoms with E-state index < -0.39 is 8.07 Å². The molecule has 21 heavy (non-hydrogen) atoms. The number of ketones is 1. The zero-order chi connectivity index (χ0) is 15.6. The highest BCUT2D eigenvalue weighted by molar-refractivity contribution is 6.88. The van der Waals surface area contributed by atoms with Crippen molar-refractivity contribution < 1.29 is 4.79 Å². The molecule has 0 heterocycles. The van der Waals surface area contributed by atoms with Crippen molar-refractivity contribution in [2.45, 2.75) is 39.4 Å². The molecule has 0 amide bonds. The summed E-state index contributed by atoms with van der Waals surface area (Å²) in [5.74, 6) is 0.372. The van der Waals surface area contributed by atoms with Crippen molar-refractivity contribution in [1.82, 2.24) is 0 Å². The number of hydrogen-bond donors (Lipinski definition) is 0. The fourth-order valence-electron chi connectivity index (χ4n) is 2.65. The highest BCUT2D eigenvalue weighted by atomic mass is 28.3. The molecule has 0 N–H and O–H groups in total. The van der Waals surface area contributed by atoms with Crippen molar-refractivity contribution in [2.24, 2.45) is 0 Å². The molecule has 0 radical (unpaired) electrons. The number of hydrogen-bond acceptors (Lipinski definition) is 1. The zero-order valence-electron chi connectivity index (χ0n) is 13.6. The predicted octanol–water partition coefficient (Wildman–Crippen LogP) is 4.59. The van der Waals surface area contributed by atoms with Gasteiger partial charge in [-0.1, -0.05) is 80.3 Å². The van der Waals surface area contributed by atoms with Crippen LogP contribution in [0.4, 0.5) is 0 Å². The van der Waals surface area contributed by atoms with Crippen molar-refractivity contribution in [1.29, 1.82) is 0 Å². The molecule has 0 aliphatic carbocycles. The van der Waals surface area contributed by atoms with Gasteiger partial charge in [0.25, 0.3) is 0 Å². The van der Waals surface area contributed by atoms with Crippen LogP contribution in [0.2, 0.25) is 19.6 Å². The van der Waals surface area contributed by atoms with Crippen LogP contribution >= 0.6 is 0 Å². The maximum atomic E-state index is 11.8. The van der Waals surface area contributed by atoms with E-state index in [4.69, 9.17) is 0 Å². The maximum absolute atomic E-state index is 11.8. The van der Waals surface area contributed by atoms with Crippen LogP contribution in [0.15, 0.2) is 48.5 Å². The fourth-order valence-corrected chi connectivity index (χ4v) is 3.81. The minimum Gasteiger partial charge on any atom is -0.295 e. The summed E-state index contributed by atoms with van der Waals surface area (Å²) in [6.07, 6.45) is 0. The van der Waals surface area contributed by atoms with Gasteiger partial charge in [-0.3, -0.25) is 4.79 Å². The van der Waals surface area contributed by atoms with E-state index in [0.717, 1.165) is 11.1 Å². The molecule has 0 spiro atoms. The minimum absolute atomic E-state index is 0.135. The lowest BCUT2D eigenvalue weighted by atomic mass is 9.88. The van der Waals surface area contributed by atoms with Gasteiger partial charge in [-0.2, -0.15) is 0 Å². The van der Waals surface area contributed by atoms with Gasteiger partial charge in [-0.05, 0) is 18.1 Å². The number of carbonyl (C=O) groups excluding carboxylic acids is 1. The SMILES string of the molecule is CC(=O)c1ccccc1C(C)c1ccc([Si](C)(C)C)cc1. The highest BCUT2D eigenvalue weighted by Gasteiger charge is 2.18. The minimum atomic E-state index is -1.25. The van der Waals surface area contributed by atoms with Gasteiger partial charge < -0.3 is 0 Å². The monoisotopic (exact) mass is 296 g/mol. The van der Waals surface area contributed by atoms with E-state index in [1.165, 1.54) is 10.8 Å². The maximum Gasteiger partial charge on any atom is 0.160 e. The first kappa shape index (κ1) is 15.7. The van der Waals surface area contributed by atoms with Crippen molar-refractivity contribution >= 4 is 19.0 Å². The van der Waals surface area contributed by atoms with Gasteiger partial charge in [0.1, 0.15) is 0 Å². The van der Waals surface area contributed by atoms with Gasteiger partial charge in [0, 0.05) is 11.5 Å².